The molecule has 12 heavy (non-hydrogen) atoms. The monoisotopic (exact) mass is 172 g/mol. The van der Waals surface area contributed by atoms with E-state index in [4.69, 9.17) is 10.8 Å². The van der Waals surface area contributed by atoms with Crippen molar-refractivity contribution in [1.29, 1.82) is 0 Å². The quantitative estimate of drug-likeness (QED) is 0.576. The van der Waals surface area contributed by atoms with Gasteiger partial charge in [-0.3, -0.25) is 0 Å². The second-order valence-corrected chi connectivity index (χ2v) is 3.58. The van der Waals surface area contributed by atoms with Crippen molar-refractivity contribution in [3.8, 4) is 0 Å². The molecule has 4 nitrogen and oxygen atoms in total. The van der Waals surface area contributed by atoms with E-state index < -0.39 is 6.09 Å². The van der Waals surface area contributed by atoms with E-state index >= 15 is 0 Å². The SMILES string of the molecule is CC(N)[C@H]1CC[C@@H](NC(=O)O)C1. The van der Waals surface area contributed by atoms with Gasteiger partial charge in [-0.15, -0.1) is 0 Å². The molecule has 1 amide bonds. The summed E-state index contributed by atoms with van der Waals surface area (Å²) in [6.07, 6.45) is 1.94. The lowest BCUT2D eigenvalue weighted by atomic mass is 10.0. The molecule has 0 spiro atoms. The van der Waals surface area contributed by atoms with Crippen molar-refractivity contribution in [2.24, 2.45) is 11.7 Å². The lowest BCUT2D eigenvalue weighted by Gasteiger charge is -2.14. The lowest BCUT2D eigenvalue weighted by Crippen LogP contribution is -2.33. The number of amides is 1. The van der Waals surface area contributed by atoms with Crippen LogP contribution in [-0.2, 0) is 0 Å². The van der Waals surface area contributed by atoms with Crippen molar-refractivity contribution >= 4 is 6.09 Å². The van der Waals surface area contributed by atoms with E-state index in [1.807, 2.05) is 6.92 Å². The van der Waals surface area contributed by atoms with Crippen LogP contribution >= 0.6 is 0 Å². The molecule has 0 aromatic carbocycles. The smallest absolute Gasteiger partial charge is 0.404 e. The molecule has 1 saturated carbocycles. The first kappa shape index (κ1) is 9.32. The predicted molar refractivity (Wildman–Crippen MR) is 45.9 cm³/mol. The molecule has 0 aromatic rings. The summed E-state index contributed by atoms with van der Waals surface area (Å²) in [5.41, 5.74) is 5.72. The first-order valence-corrected chi connectivity index (χ1v) is 4.34. The van der Waals surface area contributed by atoms with E-state index in [9.17, 15) is 4.79 Å². The number of carbonyl (C=O) groups is 1. The molecule has 1 aliphatic carbocycles. The van der Waals surface area contributed by atoms with Gasteiger partial charge in [-0.05, 0) is 32.1 Å². The van der Waals surface area contributed by atoms with E-state index in [0.717, 1.165) is 19.3 Å². The largest absolute Gasteiger partial charge is 0.465 e. The molecule has 4 heteroatoms. The third-order valence-corrected chi connectivity index (χ3v) is 2.54. The zero-order valence-electron chi connectivity index (χ0n) is 7.29. The fourth-order valence-corrected chi connectivity index (χ4v) is 1.80. The molecular weight excluding hydrogens is 156 g/mol. The Morgan fingerprint density at radius 2 is 2.33 bits per heavy atom. The van der Waals surface area contributed by atoms with Gasteiger partial charge in [0.2, 0.25) is 0 Å². The Kier molecular flexibility index (Phi) is 2.92. The molecule has 1 rings (SSSR count). The Morgan fingerprint density at radius 3 is 2.75 bits per heavy atom. The molecule has 0 aromatic heterocycles. The van der Waals surface area contributed by atoms with E-state index in [1.165, 1.54) is 0 Å². The normalized spacial score (nSPS) is 31.5. The summed E-state index contributed by atoms with van der Waals surface area (Å²) in [5, 5.41) is 10.9. The number of nitrogens with two attached hydrogens (primary N) is 1. The second kappa shape index (κ2) is 3.76. The molecule has 0 heterocycles. The maximum atomic E-state index is 10.3. The van der Waals surface area contributed by atoms with Crippen LogP contribution in [0.4, 0.5) is 4.79 Å². The van der Waals surface area contributed by atoms with Crippen LogP contribution in [0.3, 0.4) is 0 Å². The van der Waals surface area contributed by atoms with Crippen LogP contribution < -0.4 is 11.1 Å². The van der Waals surface area contributed by atoms with Crippen LogP contribution in [-0.4, -0.2) is 23.3 Å². The summed E-state index contributed by atoms with van der Waals surface area (Å²) in [7, 11) is 0. The third kappa shape index (κ3) is 2.37. The molecule has 3 atom stereocenters. The fraction of sp³-hybridized carbons (Fsp3) is 0.875. The van der Waals surface area contributed by atoms with Gasteiger partial charge in [0, 0.05) is 12.1 Å². The van der Waals surface area contributed by atoms with Gasteiger partial charge in [0.1, 0.15) is 0 Å². The average Bonchev–Trinajstić information content (AvgIpc) is 2.34. The minimum atomic E-state index is -0.926. The Labute approximate surface area is 72.1 Å². The van der Waals surface area contributed by atoms with Crippen LogP contribution in [0.25, 0.3) is 0 Å². The first-order chi connectivity index (χ1) is 5.59. The van der Waals surface area contributed by atoms with Gasteiger partial charge >= 0.3 is 6.09 Å². The summed E-state index contributed by atoms with van der Waals surface area (Å²) in [6.45, 7) is 1.98. The van der Waals surface area contributed by atoms with Crippen molar-refractivity contribution < 1.29 is 9.90 Å². The van der Waals surface area contributed by atoms with Crippen LogP contribution in [0, 0.1) is 5.92 Å². The van der Waals surface area contributed by atoms with Crippen molar-refractivity contribution in [3.63, 3.8) is 0 Å². The third-order valence-electron chi connectivity index (χ3n) is 2.54. The zero-order chi connectivity index (χ0) is 9.14. The van der Waals surface area contributed by atoms with Gasteiger partial charge in [-0.25, -0.2) is 4.79 Å². The molecule has 1 fully saturated rings. The summed E-state index contributed by atoms with van der Waals surface area (Å²) in [4.78, 5) is 10.3. The minimum Gasteiger partial charge on any atom is -0.465 e. The molecule has 70 valence electrons. The van der Waals surface area contributed by atoms with Crippen molar-refractivity contribution in [1.82, 2.24) is 5.32 Å². The molecule has 4 N–H and O–H groups in total. The summed E-state index contributed by atoms with van der Waals surface area (Å²) in [5.74, 6) is 0.488. The number of nitrogens with one attached hydrogen (secondary N) is 1. The minimum absolute atomic E-state index is 0.124. The highest BCUT2D eigenvalue weighted by Crippen LogP contribution is 2.27. The topological polar surface area (TPSA) is 75.3 Å². The first-order valence-electron chi connectivity index (χ1n) is 4.34. The summed E-state index contributed by atoms with van der Waals surface area (Å²) in [6, 6.07) is 0.309. The standard InChI is InChI=1S/C8H16N2O2/c1-5(9)6-2-3-7(4-6)10-8(11)12/h5-7,10H,2-4,9H2,1H3,(H,11,12)/t5?,6-,7+/m0/s1. The van der Waals surface area contributed by atoms with E-state index in [1.54, 1.807) is 0 Å². The maximum Gasteiger partial charge on any atom is 0.404 e. The highest BCUT2D eigenvalue weighted by atomic mass is 16.4. The van der Waals surface area contributed by atoms with Gasteiger partial charge in [-0.2, -0.15) is 0 Å². The Bertz CT molecular complexity index is 170. The average molecular weight is 172 g/mol. The fourth-order valence-electron chi connectivity index (χ4n) is 1.80. The molecule has 0 saturated heterocycles. The Balaban J connectivity index is 2.30. The molecule has 1 unspecified atom stereocenters. The van der Waals surface area contributed by atoms with E-state index in [2.05, 4.69) is 5.32 Å². The summed E-state index contributed by atoms with van der Waals surface area (Å²) < 4.78 is 0. The van der Waals surface area contributed by atoms with Gasteiger partial charge in [0.05, 0.1) is 0 Å². The zero-order valence-corrected chi connectivity index (χ0v) is 7.29. The Hall–Kier alpha value is -0.770. The highest BCUT2D eigenvalue weighted by Gasteiger charge is 2.27. The maximum absolute atomic E-state index is 10.3. The number of rotatable bonds is 2. The molecule has 0 aliphatic heterocycles. The second-order valence-electron chi connectivity index (χ2n) is 3.58. The van der Waals surface area contributed by atoms with Gasteiger partial charge < -0.3 is 16.2 Å². The van der Waals surface area contributed by atoms with Gasteiger partial charge in [0.15, 0.2) is 0 Å². The van der Waals surface area contributed by atoms with Gasteiger partial charge in [-0.1, -0.05) is 0 Å². The van der Waals surface area contributed by atoms with Gasteiger partial charge in [0.25, 0.3) is 0 Å². The highest BCUT2D eigenvalue weighted by molar-refractivity contribution is 5.64. The van der Waals surface area contributed by atoms with Crippen LogP contribution in [0.5, 0.6) is 0 Å². The molecule has 0 bridgehead atoms. The van der Waals surface area contributed by atoms with Crippen LogP contribution in [0.1, 0.15) is 26.2 Å². The van der Waals surface area contributed by atoms with Crippen molar-refractivity contribution in [3.05, 3.63) is 0 Å². The van der Waals surface area contributed by atoms with E-state index in [0.29, 0.717) is 5.92 Å². The number of hydrogen-bond donors (Lipinski definition) is 3. The van der Waals surface area contributed by atoms with Crippen LogP contribution in [0.2, 0.25) is 0 Å². The number of hydrogen-bond acceptors (Lipinski definition) is 2. The lowest BCUT2D eigenvalue weighted by molar-refractivity contribution is 0.189. The van der Waals surface area contributed by atoms with Crippen molar-refractivity contribution in [2.45, 2.75) is 38.3 Å². The molecule has 1 aliphatic rings. The molecule has 0 radical (unpaired) electrons. The number of carboxylic acid groups (broad SMARTS) is 1. The van der Waals surface area contributed by atoms with Crippen LogP contribution in [0.15, 0.2) is 0 Å². The Morgan fingerprint density at radius 1 is 1.67 bits per heavy atom. The van der Waals surface area contributed by atoms with E-state index in [-0.39, 0.29) is 12.1 Å². The van der Waals surface area contributed by atoms with Crippen molar-refractivity contribution in [2.75, 3.05) is 0 Å². The molecular formula is C8H16N2O2. The predicted octanol–water partition coefficient (Wildman–Crippen LogP) is 0.770. The summed E-state index contributed by atoms with van der Waals surface area (Å²) >= 11 is 0.